The molecule has 2 atom stereocenters. The fourth-order valence-electron chi connectivity index (χ4n) is 1.69. The molecule has 1 aromatic heterocycles. The number of pyridine rings is 1. The molecule has 0 aliphatic carbocycles. The van der Waals surface area contributed by atoms with Gasteiger partial charge in [0.2, 0.25) is 5.91 Å². The Labute approximate surface area is 89.1 Å². The van der Waals surface area contributed by atoms with Crippen LogP contribution in [0.25, 0.3) is 0 Å². The number of hydrogen-bond acceptors (Lipinski definition) is 3. The summed E-state index contributed by atoms with van der Waals surface area (Å²) in [6, 6.07) is 3.64. The number of carbonyl (C=O) groups is 1. The highest BCUT2D eigenvalue weighted by molar-refractivity contribution is 6.01. The minimum absolute atomic E-state index is 0.00977. The van der Waals surface area contributed by atoms with Crippen LogP contribution in [-0.4, -0.2) is 16.9 Å². The van der Waals surface area contributed by atoms with Gasteiger partial charge in [0.15, 0.2) is 5.82 Å². The second kappa shape index (κ2) is 3.88. The largest absolute Gasteiger partial charge is 0.370 e. The van der Waals surface area contributed by atoms with Gasteiger partial charge < -0.3 is 10.6 Å². The Morgan fingerprint density at radius 3 is 3.13 bits per heavy atom. The highest BCUT2D eigenvalue weighted by Crippen LogP contribution is 2.26. The Bertz CT molecular complexity index is 378. The predicted molar refractivity (Wildman–Crippen MR) is 59.7 cm³/mol. The number of aromatic nitrogens is 1. The van der Waals surface area contributed by atoms with Crippen molar-refractivity contribution in [3.05, 3.63) is 18.3 Å². The molecule has 0 radical (unpaired) electrons. The van der Waals surface area contributed by atoms with Gasteiger partial charge in [-0.25, -0.2) is 4.98 Å². The maximum atomic E-state index is 11.7. The smallest absolute Gasteiger partial charge is 0.248 e. The van der Waals surface area contributed by atoms with Gasteiger partial charge in [-0.3, -0.25) is 4.79 Å². The second-order valence-corrected chi connectivity index (χ2v) is 3.90. The average Bonchev–Trinajstić information content (AvgIpc) is 2.27. The molecule has 1 aliphatic rings. The molecule has 1 amide bonds. The average molecular weight is 205 g/mol. The van der Waals surface area contributed by atoms with Crippen molar-refractivity contribution in [1.82, 2.24) is 4.98 Å². The lowest BCUT2D eigenvalue weighted by atomic mass is 9.97. The third-order valence-corrected chi connectivity index (χ3v) is 2.86. The summed E-state index contributed by atoms with van der Waals surface area (Å²) in [5, 5.41) is 6.04. The van der Waals surface area contributed by atoms with Crippen molar-refractivity contribution < 1.29 is 4.79 Å². The van der Waals surface area contributed by atoms with Crippen molar-refractivity contribution in [1.29, 1.82) is 0 Å². The lowest BCUT2D eigenvalue weighted by molar-refractivity contribution is -0.118. The Morgan fingerprint density at radius 2 is 2.40 bits per heavy atom. The van der Waals surface area contributed by atoms with Crippen LogP contribution in [0, 0.1) is 5.92 Å². The van der Waals surface area contributed by atoms with E-state index in [0.717, 1.165) is 12.1 Å². The molecule has 2 N–H and O–H groups in total. The minimum atomic E-state index is -0.147. The van der Waals surface area contributed by atoms with Crippen LogP contribution >= 0.6 is 0 Å². The number of amides is 1. The number of rotatable bonds is 2. The highest BCUT2D eigenvalue weighted by atomic mass is 16.2. The third-order valence-electron chi connectivity index (χ3n) is 2.86. The molecule has 1 aliphatic heterocycles. The van der Waals surface area contributed by atoms with Crippen LogP contribution in [-0.2, 0) is 4.79 Å². The molecule has 0 fully saturated rings. The zero-order chi connectivity index (χ0) is 10.8. The first kappa shape index (κ1) is 9.96. The summed E-state index contributed by atoms with van der Waals surface area (Å²) in [4.78, 5) is 15.8. The van der Waals surface area contributed by atoms with Crippen molar-refractivity contribution >= 4 is 17.4 Å². The lowest BCUT2D eigenvalue weighted by Crippen LogP contribution is -2.43. The molecule has 1 aromatic rings. The summed E-state index contributed by atoms with van der Waals surface area (Å²) in [7, 11) is 0. The molecule has 80 valence electrons. The number of hydrogen-bond donors (Lipinski definition) is 2. The van der Waals surface area contributed by atoms with Gasteiger partial charge in [0.05, 0.1) is 5.69 Å². The molecule has 2 heterocycles. The molecule has 0 saturated carbocycles. The van der Waals surface area contributed by atoms with E-state index >= 15 is 0 Å². The Hall–Kier alpha value is -1.58. The first-order valence-corrected chi connectivity index (χ1v) is 5.24. The lowest BCUT2D eigenvalue weighted by Gasteiger charge is -2.29. The van der Waals surface area contributed by atoms with Crippen LogP contribution in [0.3, 0.4) is 0 Å². The van der Waals surface area contributed by atoms with Crippen LogP contribution in [0.1, 0.15) is 20.3 Å². The molecule has 0 spiro atoms. The fourth-order valence-corrected chi connectivity index (χ4v) is 1.69. The Balaban J connectivity index is 2.26. The topological polar surface area (TPSA) is 54.0 Å². The van der Waals surface area contributed by atoms with Gasteiger partial charge >= 0.3 is 0 Å². The highest BCUT2D eigenvalue weighted by Gasteiger charge is 2.29. The van der Waals surface area contributed by atoms with Gasteiger partial charge in [0.25, 0.3) is 0 Å². The van der Waals surface area contributed by atoms with Gasteiger partial charge in [-0.2, -0.15) is 0 Å². The van der Waals surface area contributed by atoms with Crippen molar-refractivity contribution in [2.24, 2.45) is 5.92 Å². The fraction of sp³-hybridized carbons (Fsp3) is 0.455. The molecule has 0 bridgehead atoms. The first-order chi connectivity index (χ1) is 7.22. The van der Waals surface area contributed by atoms with E-state index in [2.05, 4.69) is 29.5 Å². The molecule has 0 aromatic carbocycles. The molecule has 1 unspecified atom stereocenters. The number of nitrogens with one attached hydrogen (secondary N) is 2. The van der Waals surface area contributed by atoms with Crippen LogP contribution in [0.5, 0.6) is 0 Å². The molecule has 2 rings (SSSR count). The van der Waals surface area contributed by atoms with Gasteiger partial charge in [-0.1, -0.05) is 20.3 Å². The molecular formula is C11H15N3O. The van der Waals surface area contributed by atoms with Gasteiger partial charge in [-0.15, -0.1) is 0 Å². The van der Waals surface area contributed by atoms with Crippen molar-refractivity contribution in [2.75, 3.05) is 10.6 Å². The molecule has 4 heteroatoms. The summed E-state index contributed by atoms with van der Waals surface area (Å²) >= 11 is 0. The number of carbonyl (C=O) groups excluding carboxylic acids is 1. The van der Waals surface area contributed by atoms with E-state index in [1.807, 2.05) is 12.1 Å². The molecular weight excluding hydrogens is 190 g/mol. The summed E-state index contributed by atoms with van der Waals surface area (Å²) in [6.45, 7) is 4.15. The first-order valence-electron chi connectivity index (χ1n) is 5.24. The van der Waals surface area contributed by atoms with E-state index in [0.29, 0.717) is 11.7 Å². The predicted octanol–water partition coefficient (Wildman–Crippen LogP) is 1.86. The molecule has 0 saturated heterocycles. The standard InChI is InChI=1S/C11H15N3O/c1-3-7(2)9-11(15)14-10-8(13-9)5-4-6-12-10/h4-7,9,13H,3H2,1-2H3,(H,12,14,15)/t7?,9-/m0/s1. The molecule has 4 nitrogen and oxygen atoms in total. The Morgan fingerprint density at radius 1 is 1.60 bits per heavy atom. The van der Waals surface area contributed by atoms with E-state index in [-0.39, 0.29) is 11.9 Å². The van der Waals surface area contributed by atoms with Gasteiger partial charge in [-0.05, 0) is 18.1 Å². The van der Waals surface area contributed by atoms with E-state index in [1.54, 1.807) is 6.20 Å². The van der Waals surface area contributed by atoms with Crippen LogP contribution in [0.2, 0.25) is 0 Å². The van der Waals surface area contributed by atoms with Crippen molar-refractivity contribution in [2.45, 2.75) is 26.3 Å². The van der Waals surface area contributed by atoms with Crippen LogP contribution in [0.15, 0.2) is 18.3 Å². The van der Waals surface area contributed by atoms with E-state index in [9.17, 15) is 4.79 Å². The Kier molecular flexibility index (Phi) is 2.58. The maximum absolute atomic E-state index is 11.7. The van der Waals surface area contributed by atoms with Crippen LogP contribution in [0.4, 0.5) is 11.5 Å². The monoisotopic (exact) mass is 205 g/mol. The van der Waals surface area contributed by atoms with E-state index < -0.39 is 0 Å². The third kappa shape index (κ3) is 1.79. The maximum Gasteiger partial charge on any atom is 0.248 e. The zero-order valence-corrected chi connectivity index (χ0v) is 8.95. The normalized spacial score (nSPS) is 21.2. The van der Waals surface area contributed by atoms with Crippen molar-refractivity contribution in [3.8, 4) is 0 Å². The second-order valence-electron chi connectivity index (χ2n) is 3.90. The quantitative estimate of drug-likeness (QED) is 0.774. The SMILES string of the molecule is CCC(C)[C@@H]1Nc2cccnc2NC1=O. The number of nitrogens with zero attached hydrogens (tertiary/aromatic N) is 1. The van der Waals surface area contributed by atoms with Gasteiger partial charge in [0, 0.05) is 6.20 Å². The van der Waals surface area contributed by atoms with E-state index in [4.69, 9.17) is 0 Å². The zero-order valence-electron chi connectivity index (χ0n) is 8.95. The molecule has 15 heavy (non-hydrogen) atoms. The summed E-state index contributed by atoms with van der Waals surface area (Å²) in [5.74, 6) is 0.955. The van der Waals surface area contributed by atoms with E-state index in [1.165, 1.54) is 0 Å². The summed E-state index contributed by atoms with van der Waals surface area (Å²) in [6.07, 6.45) is 2.64. The number of fused-ring (bicyclic) bond motifs is 1. The van der Waals surface area contributed by atoms with Gasteiger partial charge in [0.1, 0.15) is 6.04 Å². The van der Waals surface area contributed by atoms with Crippen molar-refractivity contribution in [3.63, 3.8) is 0 Å². The number of anilines is 2. The summed E-state index contributed by atoms with van der Waals surface area (Å²) in [5.41, 5.74) is 0.905. The minimum Gasteiger partial charge on any atom is -0.370 e. The summed E-state index contributed by atoms with van der Waals surface area (Å²) < 4.78 is 0. The van der Waals surface area contributed by atoms with Crippen LogP contribution < -0.4 is 10.6 Å².